The summed E-state index contributed by atoms with van der Waals surface area (Å²) in [5.74, 6) is -0.504. The molecule has 2 rings (SSSR count). The molecule has 0 radical (unpaired) electrons. The van der Waals surface area contributed by atoms with E-state index in [9.17, 15) is 9.18 Å². The van der Waals surface area contributed by atoms with Gasteiger partial charge in [-0.3, -0.25) is 0 Å². The van der Waals surface area contributed by atoms with Gasteiger partial charge in [-0.25, -0.2) is 9.18 Å². The van der Waals surface area contributed by atoms with Gasteiger partial charge in [0.25, 0.3) is 0 Å². The number of hydrogen-bond donors (Lipinski definition) is 1. The minimum atomic E-state index is -0.790. The maximum Gasteiger partial charge on any atom is 0.370 e. The fourth-order valence-electron chi connectivity index (χ4n) is 1.54. The van der Waals surface area contributed by atoms with Crippen LogP contribution in [0.2, 0.25) is 5.02 Å². The van der Waals surface area contributed by atoms with Crippen LogP contribution in [0.4, 0.5) is 10.2 Å². The molecule has 0 amide bonds. The Morgan fingerprint density at radius 2 is 2.15 bits per heavy atom. The predicted octanol–water partition coefficient (Wildman–Crippen LogP) is 1.79. The predicted molar refractivity (Wildman–Crippen MR) is 72.8 cm³/mol. The zero-order valence-electron chi connectivity index (χ0n) is 10.8. The molecule has 0 unspecified atom stereocenters. The first-order valence-corrected chi connectivity index (χ1v) is 6.14. The summed E-state index contributed by atoms with van der Waals surface area (Å²) in [6, 6.07) is 2.35. The van der Waals surface area contributed by atoms with E-state index in [0.29, 0.717) is 0 Å². The van der Waals surface area contributed by atoms with Crippen molar-refractivity contribution in [3.05, 3.63) is 39.7 Å². The summed E-state index contributed by atoms with van der Waals surface area (Å²) in [4.78, 5) is 15.2. The van der Waals surface area contributed by atoms with E-state index in [1.807, 2.05) is 0 Å². The van der Waals surface area contributed by atoms with Crippen molar-refractivity contribution < 1.29 is 9.13 Å². The van der Waals surface area contributed by atoms with E-state index in [4.69, 9.17) is 22.1 Å². The normalized spacial score (nSPS) is 10.8. The fraction of sp³-hybridized carbons (Fsp3) is 0.250. The van der Waals surface area contributed by atoms with Gasteiger partial charge in [-0.05, 0) is 19.9 Å². The van der Waals surface area contributed by atoms with Crippen LogP contribution in [-0.2, 0) is 0 Å². The van der Waals surface area contributed by atoms with Crippen LogP contribution in [0.1, 0.15) is 13.8 Å². The molecular weight excluding hydrogens is 287 g/mol. The van der Waals surface area contributed by atoms with Crippen molar-refractivity contribution in [2.75, 3.05) is 5.73 Å². The summed E-state index contributed by atoms with van der Waals surface area (Å²) >= 11 is 5.89. The maximum atomic E-state index is 13.9. The van der Waals surface area contributed by atoms with E-state index in [-0.39, 0.29) is 28.4 Å². The zero-order chi connectivity index (χ0) is 14.9. The molecule has 0 bridgehead atoms. The Balaban J connectivity index is 2.58. The third-order valence-electron chi connectivity index (χ3n) is 2.30. The lowest BCUT2D eigenvalue weighted by Gasteiger charge is -2.13. The van der Waals surface area contributed by atoms with Gasteiger partial charge in [0, 0.05) is 6.07 Å². The highest BCUT2D eigenvalue weighted by Crippen LogP contribution is 2.29. The lowest BCUT2D eigenvalue weighted by molar-refractivity contribution is 0.242. The van der Waals surface area contributed by atoms with Crippen molar-refractivity contribution in [3.8, 4) is 11.4 Å². The molecule has 0 saturated carbocycles. The second-order valence-corrected chi connectivity index (χ2v) is 4.68. The number of benzene rings is 1. The van der Waals surface area contributed by atoms with Crippen LogP contribution in [0.5, 0.6) is 5.75 Å². The van der Waals surface area contributed by atoms with Crippen molar-refractivity contribution in [2.45, 2.75) is 20.0 Å². The van der Waals surface area contributed by atoms with Crippen LogP contribution in [0.3, 0.4) is 0 Å². The van der Waals surface area contributed by atoms with E-state index in [1.165, 1.54) is 6.07 Å². The van der Waals surface area contributed by atoms with Gasteiger partial charge in [0.2, 0.25) is 0 Å². The number of anilines is 1. The first kappa shape index (κ1) is 14.3. The van der Waals surface area contributed by atoms with E-state index in [2.05, 4.69) is 10.1 Å². The molecule has 0 aliphatic heterocycles. The number of aromatic nitrogens is 3. The molecule has 0 saturated heterocycles. The average Bonchev–Trinajstić information content (AvgIpc) is 2.33. The number of nitrogens with zero attached hydrogens (tertiary/aromatic N) is 3. The lowest BCUT2D eigenvalue weighted by atomic mass is 10.3. The highest BCUT2D eigenvalue weighted by atomic mass is 35.5. The summed E-state index contributed by atoms with van der Waals surface area (Å²) in [5.41, 5.74) is 4.44. The van der Waals surface area contributed by atoms with Gasteiger partial charge in [-0.1, -0.05) is 11.6 Å². The highest BCUT2D eigenvalue weighted by molar-refractivity contribution is 6.32. The molecule has 8 heteroatoms. The van der Waals surface area contributed by atoms with Gasteiger partial charge >= 0.3 is 5.69 Å². The van der Waals surface area contributed by atoms with Crippen molar-refractivity contribution in [1.29, 1.82) is 0 Å². The van der Waals surface area contributed by atoms with E-state index in [1.54, 1.807) is 13.8 Å². The lowest BCUT2D eigenvalue weighted by Crippen LogP contribution is -2.25. The monoisotopic (exact) mass is 298 g/mol. The molecule has 1 aromatic heterocycles. The third kappa shape index (κ3) is 2.88. The van der Waals surface area contributed by atoms with Crippen LogP contribution in [0.25, 0.3) is 5.69 Å². The van der Waals surface area contributed by atoms with E-state index < -0.39 is 11.5 Å². The summed E-state index contributed by atoms with van der Waals surface area (Å²) in [6.45, 7) is 3.60. The molecular formula is C12H12ClFN4O2. The topological polar surface area (TPSA) is 83.0 Å². The quantitative estimate of drug-likeness (QED) is 0.934. The minimum Gasteiger partial charge on any atom is -0.489 e. The van der Waals surface area contributed by atoms with Gasteiger partial charge in [0.1, 0.15) is 17.3 Å². The largest absolute Gasteiger partial charge is 0.489 e. The van der Waals surface area contributed by atoms with Gasteiger partial charge in [-0.2, -0.15) is 14.8 Å². The molecule has 0 aliphatic carbocycles. The smallest absolute Gasteiger partial charge is 0.370 e. The SMILES string of the molecule is CC(C)Oc1cc(-n2ncc(N)nc2=O)c(F)cc1Cl. The summed E-state index contributed by atoms with van der Waals surface area (Å²) in [5, 5.41) is 3.84. The Morgan fingerprint density at radius 3 is 2.75 bits per heavy atom. The second kappa shape index (κ2) is 5.46. The van der Waals surface area contributed by atoms with Gasteiger partial charge in [0.15, 0.2) is 5.82 Å². The Labute approximate surface area is 119 Å². The van der Waals surface area contributed by atoms with E-state index >= 15 is 0 Å². The van der Waals surface area contributed by atoms with Crippen molar-refractivity contribution in [3.63, 3.8) is 0 Å². The molecule has 0 spiro atoms. The van der Waals surface area contributed by atoms with Gasteiger partial charge in [0.05, 0.1) is 17.3 Å². The number of ether oxygens (including phenoxy) is 1. The molecule has 20 heavy (non-hydrogen) atoms. The molecule has 1 heterocycles. The Bertz CT molecular complexity index is 702. The Morgan fingerprint density at radius 1 is 1.45 bits per heavy atom. The number of halogens is 2. The molecule has 6 nitrogen and oxygen atoms in total. The highest BCUT2D eigenvalue weighted by Gasteiger charge is 2.14. The number of hydrogen-bond acceptors (Lipinski definition) is 5. The molecule has 1 aromatic carbocycles. The third-order valence-corrected chi connectivity index (χ3v) is 2.60. The van der Waals surface area contributed by atoms with Crippen LogP contribution in [-0.4, -0.2) is 20.9 Å². The van der Waals surface area contributed by atoms with E-state index in [0.717, 1.165) is 16.9 Å². The fourth-order valence-corrected chi connectivity index (χ4v) is 1.74. The summed E-state index contributed by atoms with van der Waals surface area (Å²) in [7, 11) is 0. The van der Waals surface area contributed by atoms with Crippen molar-refractivity contribution in [2.24, 2.45) is 0 Å². The first-order chi connectivity index (χ1) is 9.38. The molecule has 0 aliphatic rings. The summed E-state index contributed by atoms with van der Waals surface area (Å²) < 4.78 is 20.2. The number of rotatable bonds is 3. The Kier molecular flexibility index (Phi) is 3.89. The summed E-state index contributed by atoms with van der Waals surface area (Å²) in [6.07, 6.45) is 0.998. The van der Waals surface area contributed by atoms with Crippen LogP contribution >= 0.6 is 11.6 Å². The second-order valence-electron chi connectivity index (χ2n) is 4.28. The molecule has 2 aromatic rings. The molecule has 0 fully saturated rings. The Hall–Kier alpha value is -2.15. The molecule has 106 valence electrons. The number of nitrogens with two attached hydrogens (primary N) is 1. The van der Waals surface area contributed by atoms with Crippen LogP contribution in [0, 0.1) is 5.82 Å². The van der Waals surface area contributed by atoms with Gasteiger partial charge in [-0.15, -0.1) is 0 Å². The maximum absolute atomic E-state index is 13.9. The van der Waals surface area contributed by atoms with Crippen LogP contribution < -0.4 is 16.2 Å². The molecule has 2 N–H and O–H groups in total. The number of nitrogen functional groups attached to an aromatic ring is 1. The van der Waals surface area contributed by atoms with Crippen molar-refractivity contribution >= 4 is 17.4 Å². The minimum absolute atomic E-state index is 0.0423. The van der Waals surface area contributed by atoms with Crippen LogP contribution in [0.15, 0.2) is 23.1 Å². The zero-order valence-corrected chi connectivity index (χ0v) is 11.6. The molecule has 0 atom stereocenters. The first-order valence-electron chi connectivity index (χ1n) is 5.76. The van der Waals surface area contributed by atoms with Crippen molar-refractivity contribution in [1.82, 2.24) is 14.8 Å². The van der Waals surface area contributed by atoms with Gasteiger partial charge < -0.3 is 10.5 Å². The average molecular weight is 299 g/mol. The standard InChI is InChI=1S/C12H12ClFN4O2/c1-6(2)20-10-4-9(8(14)3-7(10)13)18-12(19)17-11(15)5-16-18/h3-6H,1-2H3,(H2,15,17,19).